The van der Waals surface area contributed by atoms with Crippen molar-refractivity contribution in [1.82, 2.24) is 8.97 Å². The number of fused-ring (bicyclic) bond motifs is 11. The van der Waals surface area contributed by atoms with Crippen LogP contribution >= 0.6 is 0 Å². The lowest BCUT2D eigenvalue weighted by Gasteiger charge is -2.13. The summed E-state index contributed by atoms with van der Waals surface area (Å²) in [6.45, 7) is 4.27. The van der Waals surface area contributed by atoms with Crippen LogP contribution in [0.25, 0.3) is 76.7 Å². The monoisotopic (exact) mass is 755 g/mol. The van der Waals surface area contributed by atoms with E-state index in [9.17, 15) is 0 Å². The summed E-state index contributed by atoms with van der Waals surface area (Å²) in [4.78, 5) is 14.2. The molecule has 0 saturated heterocycles. The Hall–Kier alpha value is -7.89. The second-order valence-electron chi connectivity index (χ2n) is 14.9. The summed E-state index contributed by atoms with van der Waals surface area (Å²) in [7, 11) is 0. The molecule has 0 aliphatic carbocycles. The van der Waals surface area contributed by atoms with Crippen molar-refractivity contribution in [2.45, 2.75) is 6.54 Å². The van der Waals surface area contributed by atoms with E-state index in [4.69, 9.17) is 9.98 Å². The van der Waals surface area contributed by atoms with E-state index in [1.165, 1.54) is 59.9 Å². The Labute approximate surface area is 341 Å². The van der Waals surface area contributed by atoms with Crippen molar-refractivity contribution < 1.29 is 0 Å². The average Bonchev–Trinajstić information content (AvgIpc) is 3.86. The Kier molecular flexibility index (Phi) is 8.30. The number of hydrogen-bond donors (Lipinski definition) is 0. The summed E-state index contributed by atoms with van der Waals surface area (Å²) >= 11 is 0. The molecule has 3 heterocycles. The van der Waals surface area contributed by atoms with Gasteiger partial charge in [0.05, 0.1) is 34.1 Å². The minimum absolute atomic E-state index is 0.466. The first kappa shape index (κ1) is 34.4. The lowest BCUT2D eigenvalue weighted by molar-refractivity contribution is 1.06. The third kappa shape index (κ3) is 5.91. The summed E-state index contributed by atoms with van der Waals surface area (Å²) in [5, 5.41) is 7.50. The molecule has 0 fully saturated rings. The molecule has 278 valence electrons. The van der Waals surface area contributed by atoms with Gasteiger partial charge in [-0.3, -0.25) is 4.99 Å². The van der Waals surface area contributed by atoms with Crippen LogP contribution in [0.3, 0.4) is 0 Å². The highest BCUT2D eigenvalue weighted by atomic mass is 15.0. The highest BCUT2D eigenvalue weighted by molar-refractivity contribution is 6.21. The van der Waals surface area contributed by atoms with Crippen LogP contribution in [-0.2, 0) is 6.54 Å². The predicted molar refractivity (Wildman–Crippen MR) is 249 cm³/mol. The van der Waals surface area contributed by atoms with Gasteiger partial charge in [-0.25, -0.2) is 9.98 Å². The van der Waals surface area contributed by atoms with Gasteiger partial charge in [-0.2, -0.15) is 0 Å². The van der Waals surface area contributed by atoms with Gasteiger partial charge in [0.1, 0.15) is 0 Å². The van der Waals surface area contributed by atoms with E-state index in [2.05, 4.69) is 160 Å². The molecule has 0 amide bonds. The number of amidine groups is 2. The molecule has 5 nitrogen and oxygen atoms in total. The molecule has 8 aromatic carbocycles. The van der Waals surface area contributed by atoms with Gasteiger partial charge >= 0.3 is 0 Å². The molecule has 0 bridgehead atoms. The highest BCUT2D eigenvalue weighted by Crippen LogP contribution is 2.40. The minimum atomic E-state index is 0.466. The topological polar surface area (TPSA) is 46.4 Å². The molecule has 5 heteroatoms. The number of pyridine rings is 1. The number of nitrogens with zero attached hydrogens (tertiary/aromatic N) is 5. The van der Waals surface area contributed by atoms with Gasteiger partial charge in [0, 0.05) is 43.7 Å². The Bertz CT molecular complexity index is 3460. The summed E-state index contributed by atoms with van der Waals surface area (Å²) in [6, 6.07) is 70.9. The Morgan fingerprint density at radius 2 is 1.03 bits per heavy atom. The van der Waals surface area contributed by atoms with Gasteiger partial charge < -0.3 is 8.97 Å². The van der Waals surface area contributed by atoms with E-state index < -0.39 is 0 Å². The molecule has 3 aromatic heterocycles. The van der Waals surface area contributed by atoms with Crippen LogP contribution < -0.4 is 0 Å². The van der Waals surface area contributed by atoms with Gasteiger partial charge in [-0.15, -0.1) is 0 Å². The zero-order chi connectivity index (χ0) is 39.3. The smallest absolute Gasteiger partial charge is 0.161 e. The zero-order valence-electron chi connectivity index (χ0n) is 32.2. The first-order chi connectivity index (χ1) is 29.2. The Balaban J connectivity index is 0.995. The highest BCUT2D eigenvalue weighted by Gasteiger charge is 2.18. The molecule has 11 rings (SSSR count). The maximum atomic E-state index is 5.02. The van der Waals surface area contributed by atoms with E-state index in [0.29, 0.717) is 18.2 Å². The van der Waals surface area contributed by atoms with Crippen molar-refractivity contribution in [3.05, 3.63) is 217 Å². The number of aromatic nitrogens is 2. The van der Waals surface area contributed by atoms with Crippen molar-refractivity contribution >= 4 is 78.3 Å². The van der Waals surface area contributed by atoms with Crippen LogP contribution in [0, 0.1) is 0 Å². The van der Waals surface area contributed by atoms with Crippen molar-refractivity contribution in [3.63, 3.8) is 0 Å². The molecular formula is C54H37N5. The molecule has 59 heavy (non-hydrogen) atoms. The van der Waals surface area contributed by atoms with Gasteiger partial charge in [-0.05, 0) is 77.3 Å². The molecule has 0 radical (unpaired) electrons. The third-order valence-electron chi connectivity index (χ3n) is 11.5. The van der Waals surface area contributed by atoms with E-state index >= 15 is 0 Å². The van der Waals surface area contributed by atoms with E-state index in [1.54, 1.807) is 0 Å². The number of hydrogen-bond acceptors (Lipinski definition) is 1. The second kappa shape index (κ2) is 14.2. The molecule has 0 unspecified atom stereocenters. The maximum absolute atomic E-state index is 5.02. The summed E-state index contributed by atoms with van der Waals surface area (Å²) in [5.41, 5.74) is 12.3. The summed E-state index contributed by atoms with van der Waals surface area (Å²) in [5.74, 6) is 1.16. The van der Waals surface area contributed by atoms with Crippen LogP contribution in [0.5, 0.6) is 0 Å². The number of rotatable bonds is 6. The van der Waals surface area contributed by atoms with Crippen molar-refractivity contribution in [2.75, 3.05) is 0 Å². The van der Waals surface area contributed by atoms with Gasteiger partial charge in [0.15, 0.2) is 11.7 Å². The lowest BCUT2D eigenvalue weighted by Crippen LogP contribution is -2.05. The van der Waals surface area contributed by atoms with Crippen molar-refractivity contribution in [3.8, 4) is 16.8 Å². The Morgan fingerprint density at radius 1 is 0.424 bits per heavy atom. The fourth-order valence-electron chi connectivity index (χ4n) is 8.71. The van der Waals surface area contributed by atoms with Crippen molar-refractivity contribution in [2.24, 2.45) is 15.0 Å². The van der Waals surface area contributed by atoms with Gasteiger partial charge in [0.2, 0.25) is 0 Å². The second-order valence-corrected chi connectivity index (χ2v) is 14.9. The molecule has 0 saturated carbocycles. The van der Waals surface area contributed by atoms with Crippen LogP contribution in [-0.4, -0.2) is 27.4 Å². The fraction of sp³-hybridized carbons (Fsp3) is 0.0185. The number of aliphatic imine (C=N–C) groups is 3. The standard InChI is InChI=1S/C54H37N5/c1-55-53(38-16-4-2-5-17-38)57-54(39-18-6-3-7-19-39)56-35-36-15-14-21-40(31-36)37-27-29-42(30-28-37)58-49-26-13-11-24-45(49)47-33-46-43-22-9-10-23-44(43)50-32-41-20-8-12-25-48(41)59(50)52(46)34-51(47)58/h2-34H,1,35H2. The third-order valence-corrected chi connectivity index (χ3v) is 11.5. The molecular weight excluding hydrogens is 719 g/mol. The fourth-order valence-corrected chi connectivity index (χ4v) is 8.71. The van der Waals surface area contributed by atoms with E-state index in [-0.39, 0.29) is 0 Å². The van der Waals surface area contributed by atoms with Crippen molar-refractivity contribution in [1.29, 1.82) is 0 Å². The van der Waals surface area contributed by atoms with Crippen LogP contribution in [0.1, 0.15) is 16.7 Å². The van der Waals surface area contributed by atoms with Gasteiger partial charge in [0.25, 0.3) is 0 Å². The number of para-hydroxylation sites is 2. The van der Waals surface area contributed by atoms with Gasteiger partial charge in [-0.1, -0.05) is 152 Å². The SMILES string of the molecule is C=NC(=NC(=NCc1cccc(-c2ccc(-n3c4ccccc4c4cc5c6ccccc6c6cc7ccccc7n6c5cc43)cc2)c1)c1ccccc1)c1ccccc1. The van der Waals surface area contributed by atoms with E-state index in [0.717, 1.165) is 33.5 Å². The predicted octanol–water partition coefficient (Wildman–Crippen LogP) is 13.3. The van der Waals surface area contributed by atoms with Crippen LogP contribution in [0.15, 0.2) is 215 Å². The first-order valence-corrected chi connectivity index (χ1v) is 19.9. The summed E-state index contributed by atoms with van der Waals surface area (Å²) < 4.78 is 4.86. The molecule has 0 atom stereocenters. The Morgan fingerprint density at radius 3 is 1.78 bits per heavy atom. The average molecular weight is 756 g/mol. The van der Waals surface area contributed by atoms with E-state index in [1.807, 2.05) is 60.7 Å². The normalized spacial score (nSPS) is 12.4. The molecule has 0 N–H and O–H groups in total. The quantitative estimate of drug-likeness (QED) is 0.0922. The molecule has 0 spiro atoms. The number of benzene rings is 8. The summed E-state index contributed by atoms with van der Waals surface area (Å²) in [6.07, 6.45) is 0. The molecule has 0 aliphatic heterocycles. The minimum Gasteiger partial charge on any atom is -0.309 e. The zero-order valence-corrected chi connectivity index (χ0v) is 32.2. The van der Waals surface area contributed by atoms with Crippen LogP contribution in [0.4, 0.5) is 0 Å². The van der Waals surface area contributed by atoms with Crippen LogP contribution in [0.2, 0.25) is 0 Å². The molecule has 0 aliphatic rings. The lowest BCUT2D eigenvalue weighted by atomic mass is 10.0. The largest absolute Gasteiger partial charge is 0.309 e. The first-order valence-electron chi connectivity index (χ1n) is 19.9. The molecule has 11 aromatic rings. The maximum Gasteiger partial charge on any atom is 0.161 e.